The molecule has 1 unspecified atom stereocenters. The van der Waals surface area contributed by atoms with Crippen LogP contribution in [0.4, 0.5) is 0 Å². The van der Waals surface area contributed by atoms with Crippen LogP contribution in [0.5, 0.6) is 0 Å². The van der Waals surface area contributed by atoms with E-state index in [1.807, 2.05) is 78.2 Å². The van der Waals surface area contributed by atoms with Gasteiger partial charge in [-0.15, -0.1) is 23.1 Å². The molecule has 2 aliphatic heterocycles. The van der Waals surface area contributed by atoms with Crippen molar-refractivity contribution in [3.8, 4) is 11.3 Å². The number of fused-ring (bicyclic) bond motifs is 1. The molecule has 0 spiro atoms. The van der Waals surface area contributed by atoms with Gasteiger partial charge in [0.25, 0.3) is 0 Å². The first-order chi connectivity index (χ1) is 18.6. The highest BCUT2D eigenvalue weighted by Gasteiger charge is 2.52. The summed E-state index contributed by atoms with van der Waals surface area (Å²) in [6.07, 6.45) is 2.83. The maximum absolute atomic E-state index is 13.9. The summed E-state index contributed by atoms with van der Waals surface area (Å²) >= 11 is 4.43. The zero-order valence-electron chi connectivity index (χ0n) is 20.0. The molecule has 2 aromatic heterocycles. The maximum Gasteiger partial charge on any atom is 0.356 e. The van der Waals surface area contributed by atoms with E-state index in [1.54, 1.807) is 24.2 Å². The largest absolute Gasteiger partial charge is 0.448 e. The summed E-state index contributed by atoms with van der Waals surface area (Å²) in [7, 11) is 0. The minimum absolute atomic E-state index is 0.253. The number of amides is 1. The predicted molar refractivity (Wildman–Crippen MR) is 150 cm³/mol. The smallest absolute Gasteiger partial charge is 0.356 e. The molecule has 2 atom stereocenters. The van der Waals surface area contributed by atoms with E-state index >= 15 is 0 Å². The molecule has 1 saturated heterocycles. The zero-order valence-corrected chi connectivity index (χ0v) is 22.4. The lowest BCUT2D eigenvalue weighted by atomic mass is 10.0. The lowest BCUT2D eigenvalue weighted by Crippen LogP contribution is -2.68. The number of β-lactam (4-membered cyclic amide) rings is 1. The van der Waals surface area contributed by atoms with E-state index in [1.165, 1.54) is 28.0 Å². The number of carbonyl (C=O) groups is 2. The Morgan fingerprint density at radius 3 is 2.34 bits per heavy atom. The average Bonchev–Trinajstić information content (AvgIpc) is 3.45. The van der Waals surface area contributed by atoms with Gasteiger partial charge in [0.2, 0.25) is 5.91 Å². The number of nitrogens with two attached hydrogens (primary N) is 1. The molecule has 4 aromatic rings. The van der Waals surface area contributed by atoms with E-state index in [0.29, 0.717) is 5.75 Å². The van der Waals surface area contributed by atoms with Crippen LogP contribution in [0.1, 0.15) is 17.2 Å². The molecule has 4 heterocycles. The Morgan fingerprint density at radius 2 is 1.68 bits per heavy atom. The molecule has 10 heteroatoms. The van der Waals surface area contributed by atoms with Gasteiger partial charge in [-0.25, -0.2) is 9.78 Å². The van der Waals surface area contributed by atoms with Gasteiger partial charge in [-0.2, -0.15) is 0 Å². The van der Waals surface area contributed by atoms with E-state index in [9.17, 15) is 9.59 Å². The molecule has 1 amide bonds. The van der Waals surface area contributed by atoms with Gasteiger partial charge in [-0.05, 0) is 23.3 Å². The summed E-state index contributed by atoms with van der Waals surface area (Å²) in [4.78, 5) is 37.7. The second kappa shape index (κ2) is 10.7. The molecule has 38 heavy (non-hydrogen) atoms. The number of ether oxygens (including phenoxy) is 1. The fraction of sp³-hybridized carbons (Fsp3) is 0.143. The molecule has 7 nitrogen and oxygen atoms in total. The molecule has 0 bridgehead atoms. The van der Waals surface area contributed by atoms with E-state index < -0.39 is 18.1 Å². The van der Waals surface area contributed by atoms with E-state index in [-0.39, 0.29) is 17.0 Å². The van der Waals surface area contributed by atoms with Crippen LogP contribution in [0.25, 0.3) is 11.3 Å². The van der Waals surface area contributed by atoms with Crippen molar-refractivity contribution in [1.82, 2.24) is 14.9 Å². The number of hydrogen-bond donors (Lipinski definition) is 1. The Labute approximate surface area is 232 Å². The molecule has 2 N–H and O–H groups in total. The topological polar surface area (TPSA) is 98.4 Å². The standard InChI is InChI=1S/C28H22N4O3S3/c29-22-25(33)32-23(27(34)35-24(18-7-3-1-4-8-18)19-9-5-2-6-10-19)21(16-36-26(22)32)38-28-31-20(15-37-28)17-11-13-30-14-12-17/h1-15,22,24,26H,16,29H2/t22?,26-/m1/s1. The highest BCUT2D eigenvalue weighted by atomic mass is 32.2. The fourth-order valence-electron chi connectivity index (χ4n) is 4.37. The Morgan fingerprint density at radius 1 is 1.03 bits per heavy atom. The van der Waals surface area contributed by atoms with Crippen LogP contribution >= 0.6 is 34.9 Å². The molecule has 2 aromatic carbocycles. The number of thiazole rings is 1. The summed E-state index contributed by atoms with van der Waals surface area (Å²) in [5.41, 5.74) is 9.82. The van der Waals surface area contributed by atoms with Gasteiger partial charge in [0.05, 0.1) is 5.69 Å². The average molecular weight is 559 g/mol. The van der Waals surface area contributed by atoms with Crippen LogP contribution in [-0.2, 0) is 14.3 Å². The van der Waals surface area contributed by atoms with Gasteiger partial charge in [-0.1, -0.05) is 72.4 Å². The van der Waals surface area contributed by atoms with E-state index in [4.69, 9.17) is 15.5 Å². The summed E-state index contributed by atoms with van der Waals surface area (Å²) in [5.74, 6) is -0.301. The fourth-order valence-corrected chi connectivity index (χ4v) is 7.77. The third-order valence-electron chi connectivity index (χ3n) is 6.27. The quantitative estimate of drug-likeness (QED) is 0.248. The molecular formula is C28H22N4O3S3. The molecule has 190 valence electrons. The lowest BCUT2D eigenvalue weighted by Gasteiger charge is -2.48. The van der Waals surface area contributed by atoms with Gasteiger partial charge < -0.3 is 10.5 Å². The Balaban J connectivity index is 1.34. The van der Waals surface area contributed by atoms with Crippen molar-refractivity contribution in [2.45, 2.75) is 21.9 Å². The van der Waals surface area contributed by atoms with Crippen LogP contribution in [0, 0.1) is 0 Å². The van der Waals surface area contributed by atoms with Crippen molar-refractivity contribution >= 4 is 46.7 Å². The number of benzene rings is 2. The lowest BCUT2D eigenvalue weighted by molar-refractivity contribution is -0.152. The first-order valence-electron chi connectivity index (χ1n) is 11.9. The first kappa shape index (κ1) is 24.9. The molecule has 2 aliphatic rings. The number of aromatic nitrogens is 2. The molecule has 0 radical (unpaired) electrons. The highest BCUT2D eigenvalue weighted by molar-refractivity contribution is 8.07. The number of rotatable bonds is 7. The molecular weight excluding hydrogens is 537 g/mol. The Kier molecular flexibility index (Phi) is 7.03. The Hall–Kier alpha value is -3.44. The van der Waals surface area contributed by atoms with Gasteiger partial charge in [-0.3, -0.25) is 14.7 Å². The number of thioether (sulfide) groups is 2. The molecule has 0 aliphatic carbocycles. The van der Waals surface area contributed by atoms with Gasteiger partial charge >= 0.3 is 5.97 Å². The second-order valence-corrected chi connectivity index (χ2v) is 12.0. The Bertz CT molecular complexity index is 1460. The number of esters is 1. The second-order valence-electron chi connectivity index (χ2n) is 8.65. The van der Waals surface area contributed by atoms with Crippen LogP contribution in [0.3, 0.4) is 0 Å². The molecule has 0 saturated carbocycles. The number of nitrogens with zero attached hydrogens (tertiary/aromatic N) is 3. The van der Waals surface area contributed by atoms with Crippen LogP contribution in [0.2, 0.25) is 0 Å². The number of hydrogen-bond acceptors (Lipinski definition) is 9. The van der Waals surface area contributed by atoms with Gasteiger partial charge in [0.1, 0.15) is 17.1 Å². The van der Waals surface area contributed by atoms with Crippen molar-refractivity contribution < 1.29 is 14.3 Å². The highest BCUT2D eigenvalue weighted by Crippen LogP contribution is 2.46. The number of pyridine rings is 1. The third-order valence-corrected chi connectivity index (χ3v) is 9.77. The third kappa shape index (κ3) is 4.76. The summed E-state index contributed by atoms with van der Waals surface area (Å²) in [6, 6.07) is 22.4. The van der Waals surface area contributed by atoms with E-state index in [2.05, 4.69) is 4.98 Å². The van der Waals surface area contributed by atoms with Gasteiger partial charge in [0, 0.05) is 34.0 Å². The minimum Gasteiger partial charge on any atom is -0.448 e. The monoisotopic (exact) mass is 558 g/mol. The predicted octanol–water partition coefficient (Wildman–Crippen LogP) is 5.08. The van der Waals surface area contributed by atoms with Gasteiger partial charge in [0.15, 0.2) is 10.4 Å². The molecule has 1 fully saturated rings. The van der Waals surface area contributed by atoms with Crippen LogP contribution in [-0.4, -0.2) is 43.9 Å². The van der Waals surface area contributed by atoms with Crippen LogP contribution < -0.4 is 5.73 Å². The maximum atomic E-state index is 13.9. The summed E-state index contributed by atoms with van der Waals surface area (Å²) < 4.78 is 6.94. The number of carbonyl (C=O) groups excluding carboxylic acids is 2. The minimum atomic E-state index is -0.633. The van der Waals surface area contributed by atoms with Crippen molar-refractivity contribution in [3.63, 3.8) is 0 Å². The SMILES string of the molecule is NC1C(=O)N2C(C(=O)OC(c3ccccc3)c3ccccc3)=C(Sc3nc(-c4ccncc4)cs3)CS[C@H]12. The van der Waals surface area contributed by atoms with Crippen molar-refractivity contribution in [1.29, 1.82) is 0 Å². The zero-order chi connectivity index (χ0) is 26.1. The van der Waals surface area contributed by atoms with Crippen molar-refractivity contribution in [2.75, 3.05) is 5.75 Å². The first-order valence-corrected chi connectivity index (χ1v) is 14.6. The van der Waals surface area contributed by atoms with E-state index in [0.717, 1.165) is 31.6 Å². The molecule has 6 rings (SSSR count). The van der Waals surface area contributed by atoms with Crippen molar-refractivity contribution in [3.05, 3.63) is 112 Å². The summed E-state index contributed by atoms with van der Waals surface area (Å²) in [6.45, 7) is 0. The van der Waals surface area contributed by atoms with Crippen molar-refractivity contribution in [2.24, 2.45) is 5.73 Å². The van der Waals surface area contributed by atoms with Crippen LogP contribution in [0.15, 0.2) is 106 Å². The summed E-state index contributed by atoms with van der Waals surface area (Å²) in [5, 5.41) is 1.69. The normalized spacial score (nSPS) is 18.8.